The number of aliphatic hydroxyl groups is 4. The van der Waals surface area contributed by atoms with Crippen molar-refractivity contribution in [1.29, 1.82) is 0 Å². The summed E-state index contributed by atoms with van der Waals surface area (Å²) in [6.45, 7) is 0. The van der Waals surface area contributed by atoms with Crippen LogP contribution in [0.4, 0.5) is 0 Å². The summed E-state index contributed by atoms with van der Waals surface area (Å²) in [6.07, 6.45) is -3.17. The summed E-state index contributed by atoms with van der Waals surface area (Å²) in [4.78, 5) is 11.8. The molecule has 2 rings (SSSR count). The summed E-state index contributed by atoms with van der Waals surface area (Å²) in [6, 6.07) is 0. The minimum Gasteiger partial charge on any atom is -0.387 e. The molecule has 2 fully saturated rings. The fourth-order valence-electron chi connectivity index (χ4n) is 2.43. The van der Waals surface area contributed by atoms with E-state index >= 15 is 0 Å². The number of hydrogen-bond donors (Lipinski definition) is 5. The summed E-state index contributed by atoms with van der Waals surface area (Å²) >= 11 is 0. The topological polar surface area (TPSA) is 119 Å². The van der Waals surface area contributed by atoms with Gasteiger partial charge in [0.2, 0.25) is 5.91 Å². The normalized spacial score (nSPS) is 38.9. The molecule has 2 aliphatic heterocycles. The number of nitrogens with one attached hydrogen (secondary N) is 1. The molecule has 0 aromatic heterocycles. The van der Waals surface area contributed by atoms with Crippen molar-refractivity contribution in [3.05, 3.63) is 0 Å². The van der Waals surface area contributed by atoms with Gasteiger partial charge in [-0.25, -0.2) is 0 Å². The number of rotatable bonds is 6. The largest absolute Gasteiger partial charge is 0.387 e. The molecule has 5 N–H and O–H groups in total. The Morgan fingerprint density at radius 3 is 2.59 bits per heavy atom. The first-order chi connectivity index (χ1) is 10.5. The molecule has 2 aliphatic rings. The highest BCUT2D eigenvalue weighted by Gasteiger charge is 2.43. The van der Waals surface area contributed by atoms with Crippen LogP contribution >= 0.6 is 21.6 Å². The van der Waals surface area contributed by atoms with E-state index in [2.05, 4.69) is 5.32 Å². The van der Waals surface area contributed by atoms with Crippen LogP contribution in [0.25, 0.3) is 0 Å². The Hall–Kier alpha value is -0.0300. The average molecular weight is 353 g/mol. The van der Waals surface area contributed by atoms with Gasteiger partial charge in [-0.15, -0.1) is 0 Å². The number of carbonyl (C=O) groups excluding carboxylic acids is 1. The molecule has 0 saturated carbocycles. The van der Waals surface area contributed by atoms with Crippen molar-refractivity contribution in [3.8, 4) is 0 Å². The van der Waals surface area contributed by atoms with E-state index in [1.807, 2.05) is 21.6 Å². The minimum absolute atomic E-state index is 0.297. The van der Waals surface area contributed by atoms with Gasteiger partial charge in [-0.05, 0) is 19.3 Å². The van der Waals surface area contributed by atoms with E-state index in [4.69, 9.17) is 4.74 Å². The molecule has 0 bridgehead atoms. The summed E-state index contributed by atoms with van der Waals surface area (Å²) in [5.41, 5.74) is 0. The second-order valence-corrected chi connectivity index (χ2v) is 8.35. The Balaban J connectivity index is 1.65. The average Bonchev–Trinajstić information content (AvgIpc) is 3.00. The quantitative estimate of drug-likeness (QED) is 0.322. The number of amides is 1. The van der Waals surface area contributed by atoms with Crippen molar-refractivity contribution in [1.82, 2.24) is 5.32 Å². The van der Waals surface area contributed by atoms with E-state index in [1.165, 1.54) is 12.2 Å². The van der Waals surface area contributed by atoms with E-state index in [9.17, 15) is 25.2 Å². The predicted molar refractivity (Wildman–Crippen MR) is 84.0 cm³/mol. The number of hydrogen-bond acceptors (Lipinski definition) is 8. The van der Waals surface area contributed by atoms with E-state index < -0.39 is 30.8 Å². The van der Waals surface area contributed by atoms with Crippen molar-refractivity contribution >= 4 is 27.5 Å². The molecule has 1 amide bonds. The Kier molecular flexibility index (Phi) is 7.26. The van der Waals surface area contributed by atoms with Crippen LogP contribution in [0.5, 0.6) is 0 Å². The Morgan fingerprint density at radius 2 is 1.91 bits per heavy atom. The van der Waals surface area contributed by atoms with Gasteiger partial charge >= 0.3 is 0 Å². The van der Waals surface area contributed by atoms with E-state index in [-0.39, 0.29) is 5.91 Å². The highest BCUT2D eigenvalue weighted by atomic mass is 33.1. The first-order valence-electron chi connectivity index (χ1n) is 7.44. The van der Waals surface area contributed by atoms with Crippen molar-refractivity contribution in [3.63, 3.8) is 0 Å². The van der Waals surface area contributed by atoms with Crippen LogP contribution in [-0.2, 0) is 9.53 Å². The van der Waals surface area contributed by atoms with E-state index in [0.717, 1.165) is 19.3 Å². The van der Waals surface area contributed by atoms with Gasteiger partial charge in [-0.2, -0.15) is 0 Å². The molecule has 0 spiro atoms. The molecule has 0 aliphatic carbocycles. The molecular formula is C13H23NO6S2. The maximum Gasteiger partial charge on any atom is 0.222 e. The van der Waals surface area contributed by atoms with Crippen LogP contribution < -0.4 is 5.32 Å². The zero-order chi connectivity index (χ0) is 16.1. The molecule has 0 radical (unpaired) electrons. The summed E-state index contributed by atoms with van der Waals surface area (Å²) in [5.74, 6) is 0.886. The number of unbranched alkanes of at least 4 members (excludes halogenated alkanes) is 1. The molecule has 2 saturated heterocycles. The fraction of sp³-hybridized carbons (Fsp3) is 0.923. The van der Waals surface area contributed by atoms with Gasteiger partial charge < -0.3 is 30.5 Å². The summed E-state index contributed by atoms with van der Waals surface area (Å²) in [7, 11) is 3.81. The maximum atomic E-state index is 11.8. The molecule has 6 atom stereocenters. The Morgan fingerprint density at radius 1 is 1.14 bits per heavy atom. The molecule has 22 heavy (non-hydrogen) atoms. The van der Waals surface area contributed by atoms with Gasteiger partial charge in [0.15, 0.2) is 12.5 Å². The fourth-order valence-corrected chi connectivity index (χ4v) is 5.46. The lowest BCUT2D eigenvalue weighted by Gasteiger charge is -2.38. The highest BCUT2D eigenvalue weighted by molar-refractivity contribution is 8.77. The first-order valence-corrected chi connectivity index (χ1v) is 9.82. The van der Waals surface area contributed by atoms with Gasteiger partial charge in [0.05, 0.1) is 0 Å². The maximum absolute atomic E-state index is 11.8. The zero-order valence-corrected chi connectivity index (χ0v) is 13.8. The zero-order valence-electron chi connectivity index (χ0n) is 12.1. The van der Waals surface area contributed by atoms with Gasteiger partial charge in [0, 0.05) is 17.4 Å². The third-order valence-corrected chi connectivity index (χ3v) is 6.81. The van der Waals surface area contributed by atoms with Crippen molar-refractivity contribution in [2.45, 2.75) is 68.2 Å². The van der Waals surface area contributed by atoms with Gasteiger partial charge in [-0.1, -0.05) is 28.0 Å². The van der Waals surface area contributed by atoms with E-state index in [1.54, 1.807) is 0 Å². The van der Waals surface area contributed by atoms with Gasteiger partial charge in [0.25, 0.3) is 0 Å². The number of ether oxygens (including phenoxy) is 1. The van der Waals surface area contributed by atoms with Crippen LogP contribution in [0.2, 0.25) is 0 Å². The molecule has 128 valence electrons. The smallest absolute Gasteiger partial charge is 0.222 e. The van der Waals surface area contributed by atoms with Crippen LogP contribution in [0.1, 0.15) is 32.1 Å². The van der Waals surface area contributed by atoms with Crippen molar-refractivity contribution in [2.75, 3.05) is 5.75 Å². The van der Waals surface area contributed by atoms with Gasteiger partial charge in [0.1, 0.15) is 18.3 Å². The van der Waals surface area contributed by atoms with E-state index in [0.29, 0.717) is 11.7 Å². The highest BCUT2D eigenvalue weighted by Crippen LogP contribution is 2.39. The van der Waals surface area contributed by atoms with Crippen molar-refractivity contribution < 1.29 is 30.0 Å². The van der Waals surface area contributed by atoms with Crippen LogP contribution in [-0.4, -0.2) is 68.2 Å². The molecule has 0 aromatic rings. The lowest BCUT2D eigenvalue weighted by molar-refractivity contribution is -0.286. The Bertz CT molecular complexity index is 368. The third-order valence-electron chi connectivity index (χ3n) is 3.80. The van der Waals surface area contributed by atoms with Crippen LogP contribution in [0, 0.1) is 0 Å². The summed E-state index contributed by atoms with van der Waals surface area (Å²) in [5, 5.41) is 41.1. The second-order valence-electron chi connectivity index (χ2n) is 5.56. The third kappa shape index (κ3) is 4.98. The SMILES string of the molecule is O=C(CCCC[C@@H]1CCSS1)N[C@@H]1O[C@H](O)[C@@H](O)[C@H](O)[C@H]1O. The Labute approximate surface area is 137 Å². The summed E-state index contributed by atoms with van der Waals surface area (Å²) < 4.78 is 4.90. The lowest BCUT2D eigenvalue weighted by atomic mass is 10.0. The lowest BCUT2D eigenvalue weighted by Crippen LogP contribution is -2.62. The standard InChI is InChI=1S/C13H23NO6S2/c15-8(4-2-1-3-7-5-6-21-22-7)14-12-10(17)9(16)11(18)13(19)20-12/h7,9-13,16-19H,1-6H2,(H,14,15)/t7-,9-,10-,11+,12-,13+/m1/s1. The number of aliphatic hydroxyl groups excluding tert-OH is 4. The van der Waals surface area contributed by atoms with Crippen molar-refractivity contribution in [2.24, 2.45) is 0 Å². The first kappa shape index (κ1) is 18.3. The predicted octanol–water partition coefficient (Wildman–Crippen LogP) is -0.426. The number of carbonyl (C=O) groups is 1. The van der Waals surface area contributed by atoms with Gasteiger partial charge in [-0.3, -0.25) is 4.79 Å². The minimum atomic E-state index is -1.64. The van der Waals surface area contributed by atoms with Crippen LogP contribution in [0.3, 0.4) is 0 Å². The monoisotopic (exact) mass is 353 g/mol. The molecule has 7 nitrogen and oxygen atoms in total. The molecule has 0 unspecified atom stereocenters. The van der Waals surface area contributed by atoms with Crippen LogP contribution in [0.15, 0.2) is 0 Å². The molecule has 9 heteroatoms. The molecule has 2 heterocycles. The molecule has 0 aromatic carbocycles. The second kappa shape index (κ2) is 8.72. The molecular weight excluding hydrogens is 330 g/mol.